The SMILES string of the molecule is CCCCCCCCCCCCC[NH+]([O-])CC. The Bertz CT molecular complexity index is 139. The molecule has 0 fully saturated rings. The third-order valence-corrected chi connectivity index (χ3v) is 3.45. The molecule has 0 radical (unpaired) electrons. The Kier molecular flexibility index (Phi) is 13.9. The van der Waals surface area contributed by atoms with E-state index in [2.05, 4.69) is 6.92 Å². The van der Waals surface area contributed by atoms with Crippen molar-refractivity contribution in [2.45, 2.75) is 84.5 Å². The molecular weight excluding hydrogens is 210 g/mol. The van der Waals surface area contributed by atoms with Gasteiger partial charge in [0.25, 0.3) is 0 Å². The molecule has 2 heteroatoms. The lowest BCUT2D eigenvalue weighted by Crippen LogP contribution is -3.06. The molecule has 2 nitrogen and oxygen atoms in total. The maximum Gasteiger partial charge on any atom is 0.0768 e. The van der Waals surface area contributed by atoms with E-state index in [9.17, 15) is 5.21 Å². The fourth-order valence-electron chi connectivity index (χ4n) is 2.16. The van der Waals surface area contributed by atoms with Crippen LogP contribution in [0.2, 0.25) is 0 Å². The topological polar surface area (TPSA) is 27.5 Å². The molecule has 0 heterocycles. The van der Waals surface area contributed by atoms with Crippen LogP contribution in [0, 0.1) is 5.21 Å². The van der Waals surface area contributed by atoms with Gasteiger partial charge in [-0.1, -0.05) is 64.7 Å². The van der Waals surface area contributed by atoms with Gasteiger partial charge in [-0.05, 0) is 19.8 Å². The van der Waals surface area contributed by atoms with E-state index in [0.717, 1.165) is 19.5 Å². The molecular formula is C15H33NO. The second-order valence-corrected chi connectivity index (χ2v) is 5.18. The van der Waals surface area contributed by atoms with Crippen LogP contribution in [0.3, 0.4) is 0 Å². The molecule has 0 aliphatic carbocycles. The van der Waals surface area contributed by atoms with Crippen molar-refractivity contribution in [2.24, 2.45) is 0 Å². The lowest BCUT2D eigenvalue weighted by atomic mass is 10.1. The van der Waals surface area contributed by atoms with Crippen molar-refractivity contribution in [2.75, 3.05) is 13.1 Å². The van der Waals surface area contributed by atoms with Crippen molar-refractivity contribution in [1.82, 2.24) is 0 Å². The predicted octanol–water partition coefficient (Wildman–Crippen LogP) is 3.70. The van der Waals surface area contributed by atoms with Crippen LogP contribution < -0.4 is 5.06 Å². The molecule has 0 saturated heterocycles. The second-order valence-electron chi connectivity index (χ2n) is 5.18. The molecule has 0 amide bonds. The van der Waals surface area contributed by atoms with Gasteiger partial charge in [0.1, 0.15) is 0 Å². The number of unbranched alkanes of at least 4 members (excludes halogenated alkanes) is 10. The van der Waals surface area contributed by atoms with Gasteiger partial charge < -0.3 is 10.3 Å². The van der Waals surface area contributed by atoms with Crippen LogP contribution >= 0.6 is 0 Å². The van der Waals surface area contributed by atoms with Crippen molar-refractivity contribution in [3.05, 3.63) is 5.21 Å². The lowest BCUT2D eigenvalue weighted by Gasteiger charge is -2.19. The predicted molar refractivity (Wildman–Crippen MR) is 76.2 cm³/mol. The van der Waals surface area contributed by atoms with E-state index >= 15 is 0 Å². The van der Waals surface area contributed by atoms with Gasteiger partial charge in [-0.25, -0.2) is 0 Å². The summed E-state index contributed by atoms with van der Waals surface area (Å²) in [6.45, 7) is 5.76. The Balaban J connectivity index is 2.94. The van der Waals surface area contributed by atoms with Crippen LogP contribution in [0.4, 0.5) is 0 Å². The van der Waals surface area contributed by atoms with E-state index in [4.69, 9.17) is 0 Å². The zero-order chi connectivity index (χ0) is 12.8. The molecule has 0 aliphatic rings. The monoisotopic (exact) mass is 243 g/mol. The molecule has 0 bridgehead atoms. The minimum Gasteiger partial charge on any atom is -0.634 e. The van der Waals surface area contributed by atoms with Gasteiger partial charge in [-0.2, -0.15) is 0 Å². The van der Waals surface area contributed by atoms with E-state index in [1.54, 1.807) is 0 Å². The van der Waals surface area contributed by atoms with Gasteiger partial charge in [0.2, 0.25) is 0 Å². The van der Waals surface area contributed by atoms with E-state index < -0.39 is 0 Å². The molecule has 1 unspecified atom stereocenters. The highest BCUT2D eigenvalue weighted by molar-refractivity contribution is 4.47. The summed E-state index contributed by atoms with van der Waals surface area (Å²) < 4.78 is 0. The summed E-state index contributed by atoms with van der Waals surface area (Å²) in [7, 11) is 0. The number of quaternary nitrogens is 1. The molecule has 104 valence electrons. The van der Waals surface area contributed by atoms with Crippen LogP contribution in [0.1, 0.15) is 84.5 Å². The minimum absolute atomic E-state index is 0.431. The summed E-state index contributed by atoms with van der Waals surface area (Å²) in [4.78, 5) is 0. The van der Waals surface area contributed by atoms with Crippen LogP contribution in [0.5, 0.6) is 0 Å². The summed E-state index contributed by atoms with van der Waals surface area (Å²) in [6, 6.07) is 0. The van der Waals surface area contributed by atoms with Crippen molar-refractivity contribution in [1.29, 1.82) is 0 Å². The first-order valence-corrected chi connectivity index (χ1v) is 7.83. The van der Waals surface area contributed by atoms with E-state index in [1.807, 2.05) is 6.92 Å². The van der Waals surface area contributed by atoms with E-state index in [0.29, 0.717) is 5.06 Å². The van der Waals surface area contributed by atoms with Gasteiger partial charge in [0, 0.05) is 0 Å². The highest BCUT2D eigenvalue weighted by Crippen LogP contribution is 2.10. The molecule has 0 rings (SSSR count). The highest BCUT2D eigenvalue weighted by atomic mass is 16.5. The van der Waals surface area contributed by atoms with Gasteiger partial charge in [-0.3, -0.25) is 0 Å². The first kappa shape index (κ1) is 16.9. The lowest BCUT2D eigenvalue weighted by molar-refractivity contribution is -0.846. The van der Waals surface area contributed by atoms with E-state index in [1.165, 1.54) is 64.2 Å². The fraction of sp³-hybridized carbons (Fsp3) is 1.00. The first-order chi connectivity index (χ1) is 8.31. The molecule has 17 heavy (non-hydrogen) atoms. The first-order valence-electron chi connectivity index (χ1n) is 7.83. The van der Waals surface area contributed by atoms with Crippen molar-refractivity contribution in [3.8, 4) is 0 Å². The summed E-state index contributed by atoms with van der Waals surface area (Å²) in [5.41, 5.74) is 0. The average Bonchev–Trinajstić information content (AvgIpc) is 2.35. The summed E-state index contributed by atoms with van der Waals surface area (Å²) >= 11 is 0. The molecule has 1 atom stereocenters. The number of rotatable bonds is 13. The number of hydrogen-bond donors (Lipinski definition) is 1. The van der Waals surface area contributed by atoms with Crippen LogP contribution in [0.15, 0.2) is 0 Å². The van der Waals surface area contributed by atoms with Crippen molar-refractivity contribution >= 4 is 0 Å². The Hall–Kier alpha value is -0.0800. The maximum atomic E-state index is 11.1. The average molecular weight is 243 g/mol. The number of hydrogen-bond acceptors (Lipinski definition) is 1. The Morgan fingerprint density at radius 1 is 0.647 bits per heavy atom. The fourth-order valence-corrected chi connectivity index (χ4v) is 2.16. The standard InChI is InChI=1S/C15H33NO/c1-3-5-6-7-8-9-10-11-12-13-14-15-16(17)4-2/h16H,3-15H2,1-2H3. The molecule has 0 saturated carbocycles. The Morgan fingerprint density at radius 3 is 1.47 bits per heavy atom. The van der Waals surface area contributed by atoms with Gasteiger partial charge >= 0.3 is 0 Å². The molecule has 0 aromatic rings. The van der Waals surface area contributed by atoms with Gasteiger partial charge in [-0.15, -0.1) is 0 Å². The number of nitrogens with one attached hydrogen (secondary N) is 1. The normalized spacial score (nSPS) is 12.9. The third kappa shape index (κ3) is 13.9. The van der Waals surface area contributed by atoms with Crippen LogP contribution in [-0.2, 0) is 0 Å². The van der Waals surface area contributed by atoms with Crippen molar-refractivity contribution in [3.63, 3.8) is 0 Å². The third-order valence-electron chi connectivity index (χ3n) is 3.45. The van der Waals surface area contributed by atoms with Gasteiger partial charge in [0.05, 0.1) is 13.1 Å². The summed E-state index contributed by atoms with van der Waals surface area (Å²) in [5.74, 6) is 0. The quantitative estimate of drug-likeness (QED) is 0.387. The molecule has 0 spiro atoms. The summed E-state index contributed by atoms with van der Waals surface area (Å²) in [5, 5.41) is 11.5. The van der Waals surface area contributed by atoms with Crippen molar-refractivity contribution < 1.29 is 5.06 Å². The van der Waals surface area contributed by atoms with Crippen LogP contribution in [-0.4, -0.2) is 13.1 Å². The molecule has 0 aliphatic heterocycles. The maximum absolute atomic E-state index is 11.1. The minimum atomic E-state index is 0.431. The largest absolute Gasteiger partial charge is 0.634 e. The molecule has 0 aromatic carbocycles. The zero-order valence-electron chi connectivity index (χ0n) is 12.1. The second kappa shape index (κ2) is 14.0. The highest BCUT2D eigenvalue weighted by Gasteiger charge is 1.95. The smallest absolute Gasteiger partial charge is 0.0768 e. The van der Waals surface area contributed by atoms with Crippen LogP contribution in [0.25, 0.3) is 0 Å². The summed E-state index contributed by atoms with van der Waals surface area (Å²) in [6.07, 6.45) is 14.9. The Labute approximate surface area is 108 Å². The molecule has 0 aromatic heterocycles. The number of hydroxylamine groups is 2. The molecule has 1 N–H and O–H groups in total. The van der Waals surface area contributed by atoms with E-state index in [-0.39, 0.29) is 0 Å². The zero-order valence-corrected chi connectivity index (χ0v) is 12.1. The Morgan fingerprint density at radius 2 is 1.06 bits per heavy atom. The van der Waals surface area contributed by atoms with Gasteiger partial charge in [0.15, 0.2) is 0 Å².